The van der Waals surface area contributed by atoms with Gasteiger partial charge in [-0.2, -0.15) is 0 Å². The molecule has 0 spiro atoms. The minimum atomic E-state index is -0.281. The van der Waals surface area contributed by atoms with Crippen LogP contribution in [-0.2, 0) is 4.74 Å². The van der Waals surface area contributed by atoms with Gasteiger partial charge in [0, 0.05) is 16.9 Å². The molecule has 0 amide bonds. The van der Waals surface area contributed by atoms with Crippen molar-refractivity contribution in [3.63, 3.8) is 0 Å². The van der Waals surface area contributed by atoms with E-state index >= 15 is 0 Å². The van der Waals surface area contributed by atoms with Gasteiger partial charge in [0.15, 0.2) is 0 Å². The molecule has 0 saturated heterocycles. The standard InChI is InChI=1S/C15H14ClNO2S/c1-2-19-15(18)11-5-6-12(10-7-13(16)20-8-10)17-14(11)9-3-4-9/h5-9H,2-4H2,1H3. The van der Waals surface area contributed by atoms with Crippen molar-refractivity contribution in [1.82, 2.24) is 4.98 Å². The first kappa shape index (κ1) is 13.6. The van der Waals surface area contributed by atoms with Crippen molar-refractivity contribution >= 4 is 28.9 Å². The van der Waals surface area contributed by atoms with Crippen molar-refractivity contribution in [2.75, 3.05) is 6.61 Å². The molecule has 0 aromatic carbocycles. The lowest BCUT2D eigenvalue weighted by atomic mass is 10.1. The number of hydrogen-bond acceptors (Lipinski definition) is 4. The van der Waals surface area contributed by atoms with Gasteiger partial charge in [-0.1, -0.05) is 11.6 Å². The quantitative estimate of drug-likeness (QED) is 0.780. The molecule has 0 aliphatic heterocycles. The third kappa shape index (κ3) is 2.72. The molecule has 2 aromatic heterocycles. The number of thiophene rings is 1. The summed E-state index contributed by atoms with van der Waals surface area (Å²) in [6.07, 6.45) is 2.18. The molecule has 3 nitrogen and oxygen atoms in total. The van der Waals surface area contributed by atoms with Crippen LogP contribution in [-0.4, -0.2) is 17.6 Å². The molecule has 0 unspecified atom stereocenters. The Morgan fingerprint density at radius 3 is 2.90 bits per heavy atom. The molecule has 2 heterocycles. The minimum absolute atomic E-state index is 0.281. The summed E-state index contributed by atoms with van der Waals surface area (Å²) in [5.41, 5.74) is 3.32. The molecule has 1 aliphatic rings. The summed E-state index contributed by atoms with van der Waals surface area (Å²) in [6, 6.07) is 5.57. The van der Waals surface area contributed by atoms with Crippen LogP contribution in [0.25, 0.3) is 11.3 Å². The number of nitrogens with zero attached hydrogens (tertiary/aromatic N) is 1. The van der Waals surface area contributed by atoms with Gasteiger partial charge in [-0.05, 0) is 38.0 Å². The fraction of sp³-hybridized carbons (Fsp3) is 0.333. The average Bonchev–Trinajstić information content (AvgIpc) is 3.20. The van der Waals surface area contributed by atoms with Crippen molar-refractivity contribution in [2.45, 2.75) is 25.7 Å². The predicted octanol–water partition coefficient (Wildman–Crippen LogP) is 4.52. The second kappa shape index (κ2) is 5.54. The van der Waals surface area contributed by atoms with E-state index < -0.39 is 0 Å². The van der Waals surface area contributed by atoms with E-state index in [9.17, 15) is 4.79 Å². The number of aromatic nitrogens is 1. The van der Waals surface area contributed by atoms with Gasteiger partial charge in [0.2, 0.25) is 0 Å². The van der Waals surface area contributed by atoms with Gasteiger partial charge in [-0.15, -0.1) is 11.3 Å². The van der Waals surface area contributed by atoms with E-state index in [0.29, 0.717) is 18.1 Å². The summed E-state index contributed by atoms with van der Waals surface area (Å²) in [5.74, 6) is 0.111. The molecule has 1 fully saturated rings. The van der Waals surface area contributed by atoms with Crippen molar-refractivity contribution in [1.29, 1.82) is 0 Å². The second-order valence-electron chi connectivity index (χ2n) is 4.76. The first-order chi connectivity index (χ1) is 9.69. The Morgan fingerprint density at radius 2 is 2.30 bits per heavy atom. The Bertz CT molecular complexity index is 649. The van der Waals surface area contributed by atoms with E-state index in [1.807, 2.05) is 30.5 Å². The highest BCUT2D eigenvalue weighted by atomic mass is 35.5. The van der Waals surface area contributed by atoms with Crippen LogP contribution in [0.15, 0.2) is 23.6 Å². The highest BCUT2D eigenvalue weighted by Crippen LogP contribution is 2.41. The van der Waals surface area contributed by atoms with E-state index in [1.54, 1.807) is 0 Å². The largest absolute Gasteiger partial charge is 0.462 e. The lowest BCUT2D eigenvalue weighted by Gasteiger charge is -2.09. The van der Waals surface area contributed by atoms with E-state index in [-0.39, 0.29) is 5.97 Å². The van der Waals surface area contributed by atoms with Crippen LogP contribution >= 0.6 is 22.9 Å². The second-order valence-corrected chi connectivity index (χ2v) is 6.31. The SMILES string of the molecule is CCOC(=O)c1ccc(-c2csc(Cl)c2)nc1C1CC1. The Balaban J connectivity index is 1.99. The van der Waals surface area contributed by atoms with Crippen molar-refractivity contribution in [3.05, 3.63) is 39.2 Å². The number of ether oxygens (including phenoxy) is 1. The summed E-state index contributed by atoms with van der Waals surface area (Å²) in [7, 11) is 0. The van der Waals surface area contributed by atoms with Crippen LogP contribution < -0.4 is 0 Å². The summed E-state index contributed by atoms with van der Waals surface area (Å²) in [5, 5.41) is 1.98. The molecule has 1 aliphatic carbocycles. The fourth-order valence-corrected chi connectivity index (χ4v) is 3.00. The van der Waals surface area contributed by atoms with Crippen molar-refractivity contribution in [2.24, 2.45) is 0 Å². The van der Waals surface area contributed by atoms with Crippen LogP contribution in [0.4, 0.5) is 0 Å². The van der Waals surface area contributed by atoms with Crippen LogP contribution in [0.1, 0.15) is 41.7 Å². The van der Waals surface area contributed by atoms with Gasteiger partial charge >= 0.3 is 5.97 Å². The lowest BCUT2D eigenvalue weighted by Crippen LogP contribution is -2.09. The molecule has 0 N–H and O–H groups in total. The van der Waals surface area contributed by atoms with Gasteiger partial charge in [0.25, 0.3) is 0 Å². The fourth-order valence-electron chi connectivity index (χ4n) is 2.13. The molecule has 0 radical (unpaired) electrons. The summed E-state index contributed by atoms with van der Waals surface area (Å²) in [4.78, 5) is 16.6. The topological polar surface area (TPSA) is 39.2 Å². The third-order valence-corrected chi connectivity index (χ3v) is 4.34. The number of esters is 1. The highest BCUT2D eigenvalue weighted by Gasteiger charge is 2.30. The summed E-state index contributed by atoms with van der Waals surface area (Å²) >= 11 is 7.45. The Morgan fingerprint density at radius 1 is 1.50 bits per heavy atom. The Kier molecular flexibility index (Phi) is 3.76. The van der Waals surface area contributed by atoms with E-state index in [1.165, 1.54) is 11.3 Å². The van der Waals surface area contributed by atoms with E-state index in [2.05, 4.69) is 4.98 Å². The first-order valence-corrected chi connectivity index (χ1v) is 7.87. The molecule has 20 heavy (non-hydrogen) atoms. The minimum Gasteiger partial charge on any atom is -0.462 e. The number of carbonyl (C=O) groups excluding carboxylic acids is 1. The van der Waals surface area contributed by atoms with Crippen LogP contribution in [0.2, 0.25) is 4.34 Å². The van der Waals surface area contributed by atoms with Crippen LogP contribution in [0.5, 0.6) is 0 Å². The van der Waals surface area contributed by atoms with Crippen LogP contribution in [0, 0.1) is 0 Å². The summed E-state index contributed by atoms with van der Waals surface area (Å²) < 4.78 is 5.84. The maximum Gasteiger partial charge on any atom is 0.339 e. The molecule has 0 bridgehead atoms. The van der Waals surface area contributed by atoms with Gasteiger partial charge in [0.1, 0.15) is 0 Å². The van der Waals surface area contributed by atoms with E-state index in [4.69, 9.17) is 16.3 Å². The van der Waals surface area contributed by atoms with Crippen LogP contribution in [0.3, 0.4) is 0 Å². The Labute approximate surface area is 126 Å². The molecule has 0 atom stereocenters. The third-order valence-electron chi connectivity index (χ3n) is 3.25. The van der Waals surface area contributed by atoms with Crippen molar-refractivity contribution < 1.29 is 9.53 Å². The number of rotatable bonds is 4. The smallest absolute Gasteiger partial charge is 0.339 e. The molecule has 104 valence electrons. The predicted molar refractivity (Wildman–Crippen MR) is 80.5 cm³/mol. The average molecular weight is 308 g/mol. The molecule has 3 rings (SSSR count). The van der Waals surface area contributed by atoms with E-state index in [0.717, 1.165) is 34.1 Å². The lowest BCUT2D eigenvalue weighted by molar-refractivity contribution is 0.0524. The van der Waals surface area contributed by atoms with Gasteiger partial charge in [0.05, 0.1) is 27.9 Å². The number of halogens is 1. The van der Waals surface area contributed by atoms with Gasteiger partial charge in [-0.25, -0.2) is 4.79 Å². The number of carbonyl (C=O) groups is 1. The maximum atomic E-state index is 12.0. The first-order valence-electron chi connectivity index (χ1n) is 6.61. The molecule has 2 aromatic rings. The molecule has 1 saturated carbocycles. The number of pyridine rings is 1. The number of hydrogen-bond donors (Lipinski definition) is 0. The van der Waals surface area contributed by atoms with Gasteiger partial charge in [-0.3, -0.25) is 4.98 Å². The van der Waals surface area contributed by atoms with Crippen molar-refractivity contribution in [3.8, 4) is 11.3 Å². The molecular weight excluding hydrogens is 294 g/mol. The zero-order chi connectivity index (χ0) is 14.1. The maximum absolute atomic E-state index is 12.0. The molecular formula is C15H14ClNO2S. The zero-order valence-electron chi connectivity index (χ0n) is 11.1. The normalized spacial score (nSPS) is 14.3. The zero-order valence-corrected chi connectivity index (χ0v) is 12.6. The summed E-state index contributed by atoms with van der Waals surface area (Å²) in [6.45, 7) is 2.19. The monoisotopic (exact) mass is 307 g/mol. The highest BCUT2D eigenvalue weighted by molar-refractivity contribution is 7.14. The Hall–Kier alpha value is -1.39. The van der Waals surface area contributed by atoms with Gasteiger partial charge < -0.3 is 4.74 Å². The molecule has 5 heteroatoms.